The molecule has 0 bridgehead atoms. The van der Waals surface area contributed by atoms with Crippen molar-refractivity contribution < 1.29 is 14.5 Å². The van der Waals surface area contributed by atoms with E-state index in [1.165, 1.54) is 4.68 Å². The number of methoxy groups -OCH3 is 1. The maximum absolute atomic E-state index is 12.6. The van der Waals surface area contributed by atoms with Crippen LogP contribution in [0.2, 0.25) is 0 Å². The number of benzene rings is 1. The van der Waals surface area contributed by atoms with Crippen molar-refractivity contribution in [2.24, 2.45) is 0 Å². The first-order valence-electron chi connectivity index (χ1n) is 8.76. The van der Waals surface area contributed by atoms with E-state index in [1.54, 1.807) is 25.9 Å². The molecule has 144 valence electrons. The highest BCUT2D eigenvalue weighted by molar-refractivity contribution is 5.76. The van der Waals surface area contributed by atoms with E-state index in [2.05, 4.69) is 10.00 Å². The summed E-state index contributed by atoms with van der Waals surface area (Å²) in [6.45, 7) is 5.89. The van der Waals surface area contributed by atoms with Crippen molar-refractivity contribution in [3.63, 3.8) is 0 Å². The van der Waals surface area contributed by atoms with Crippen molar-refractivity contribution in [2.45, 2.75) is 20.4 Å². The molecule has 1 aliphatic heterocycles. The Labute approximate surface area is 157 Å². The van der Waals surface area contributed by atoms with Crippen LogP contribution in [0.5, 0.6) is 5.75 Å². The number of carbonyl (C=O) groups excluding carboxylic acids is 1. The zero-order valence-corrected chi connectivity index (χ0v) is 15.7. The molecule has 1 fully saturated rings. The van der Waals surface area contributed by atoms with Gasteiger partial charge in [-0.1, -0.05) is 0 Å². The number of piperazine rings is 1. The number of nitro groups is 1. The fourth-order valence-corrected chi connectivity index (χ4v) is 3.34. The molecule has 1 aromatic carbocycles. The average molecular weight is 373 g/mol. The van der Waals surface area contributed by atoms with Crippen molar-refractivity contribution in [1.29, 1.82) is 0 Å². The summed E-state index contributed by atoms with van der Waals surface area (Å²) in [5.41, 5.74) is 1.81. The molecule has 1 saturated heterocycles. The van der Waals surface area contributed by atoms with Gasteiger partial charge in [0.15, 0.2) is 0 Å². The minimum atomic E-state index is -0.452. The minimum Gasteiger partial charge on any atom is -0.497 e. The fraction of sp³-hybridized carbons (Fsp3) is 0.444. The first-order valence-corrected chi connectivity index (χ1v) is 8.76. The molecular weight excluding hydrogens is 350 g/mol. The Morgan fingerprint density at radius 2 is 1.81 bits per heavy atom. The number of ether oxygens (including phenoxy) is 1. The minimum absolute atomic E-state index is 0.0169. The molecule has 0 saturated carbocycles. The molecule has 3 rings (SSSR count). The number of amides is 1. The molecule has 0 atom stereocenters. The van der Waals surface area contributed by atoms with Crippen LogP contribution in [0.3, 0.4) is 0 Å². The van der Waals surface area contributed by atoms with Gasteiger partial charge in [0, 0.05) is 31.9 Å². The first kappa shape index (κ1) is 18.7. The van der Waals surface area contributed by atoms with E-state index in [4.69, 9.17) is 4.74 Å². The molecule has 2 heterocycles. The Hall–Kier alpha value is -3.10. The van der Waals surface area contributed by atoms with Gasteiger partial charge in [-0.15, -0.1) is 0 Å². The summed E-state index contributed by atoms with van der Waals surface area (Å²) in [4.78, 5) is 27.2. The summed E-state index contributed by atoms with van der Waals surface area (Å²) >= 11 is 0. The predicted octanol–water partition coefficient (Wildman–Crippen LogP) is 1.77. The van der Waals surface area contributed by atoms with Gasteiger partial charge >= 0.3 is 5.69 Å². The third kappa shape index (κ3) is 3.86. The molecule has 27 heavy (non-hydrogen) atoms. The second-order valence-electron chi connectivity index (χ2n) is 6.50. The Kier molecular flexibility index (Phi) is 5.29. The highest BCUT2D eigenvalue weighted by Crippen LogP contribution is 2.23. The predicted molar refractivity (Wildman–Crippen MR) is 100 cm³/mol. The molecule has 0 unspecified atom stereocenters. The van der Waals surface area contributed by atoms with Crippen molar-refractivity contribution in [3.8, 4) is 5.75 Å². The molecule has 2 aromatic rings. The largest absolute Gasteiger partial charge is 0.497 e. The molecule has 1 aromatic heterocycles. The standard InChI is InChI=1S/C18H23N5O4/c1-13-18(23(25)26)14(2)22(19-13)12-17(24)21-10-8-20(9-11-21)15-4-6-16(27-3)7-5-15/h4-7H,8-12H2,1-3H3. The van der Waals surface area contributed by atoms with Gasteiger partial charge in [0.1, 0.15) is 23.7 Å². The summed E-state index contributed by atoms with van der Waals surface area (Å²) in [5, 5.41) is 15.2. The van der Waals surface area contributed by atoms with Crippen LogP contribution in [0.4, 0.5) is 11.4 Å². The van der Waals surface area contributed by atoms with Crippen LogP contribution in [0.1, 0.15) is 11.4 Å². The molecule has 0 radical (unpaired) electrons. The van der Waals surface area contributed by atoms with Gasteiger partial charge < -0.3 is 14.5 Å². The number of anilines is 1. The van der Waals surface area contributed by atoms with Crippen LogP contribution in [-0.2, 0) is 11.3 Å². The van der Waals surface area contributed by atoms with Crippen molar-refractivity contribution in [1.82, 2.24) is 14.7 Å². The molecular formula is C18H23N5O4. The number of aryl methyl sites for hydroxylation is 1. The molecule has 9 heteroatoms. The zero-order chi connectivity index (χ0) is 19.6. The molecule has 1 amide bonds. The quantitative estimate of drug-likeness (QED) is 0.586. The molecule has 0 N–H and O–H groups in total. The lowest BCUT2D eigenvalue weighted by Gasteiger charge is -2.36. The second kappa shape index (κ2) is 7.65. The van der Waals surface area contributed by atoms with Crippen LogP contribution >= 0.6 is 0 Å². The average Bonchev–Trinajstić information content (AvgIpc) is 2.95. The Bertz CT molecular complexity index is 838. The lowest BCUT2D eigenvalue weighted by Crippen LogP contribution is -2.49. The van der Waals surface area contributed by atoms with Crippen LogP contribution in [0, 0.1) is 24.0 Å². The highest BCUT2D eigenvalue weighted by Gasteiger charge is 2.26. The highest BCUT2D eigenvalue weighted by atomic mass is 16.6. The summed E-state index contributed by atoms with van der Waals surface area (Å²) in [5.74, 6) is 0.733. The van der Waals surface area contributed by atoms with Gasteiger partial charge in [0.05, 0.1) is 12.0 Å². The van der Waals surface area contributed by atoms with Gasteiger partial charge in [-0.3, -0.25) is 19.6 Å². The Morgan fingerprint density at radius 1 is 1.19 bits per heavy atom. The van der Waals surface area contributed by atoms with E-state index in [-0.39, 0.29) is 18.1 Å². The maximum atomic E-state index is 12.6. The Balaban J connectivity index is 1.60. The number of rotatable bonds is 5. The lowest BCUT2D eigenvalue weighted by atomic mass is 10.2. The number of hydrogen-bond acceptors (Lipinski definition) is 6. The van der Waals surface area contributed by atoms with E-state index in [9.17, 15) is 14.9 Å². The molecule has 0 aliphatic carbocycles. The molecule has 0 spiro atoms. The van der Waals surface area contributed by atoms with E-state index < -0.39 is 4.92 Å². The summed E-state index contributed by atoms with van der Waals surface area (Å²) < 4.78 is 6.60. The molecule has 1 aliphatic rings. The molecule has 9 nitrogen and oxygen atoms in total. The number of aromatic nitrogens is 2. The first-order chi connectivity index (χ1) is 12.9. The van der Waals surface area contributed by atoms with E-state index in [0.717, 1.165) is 24.5 Å². The number of hydrogen-bond donors (Lipinski definition) is 0. The van der Waals surface area contributed by atoms with Crippen molar-refractivity contribution in [3.05, 3.63) is 45.8 Å². The fourth-order valence-electron chi connectivity index (χ4n) is 3.34. The van der Waals surface area contributed by atoms with Crippen LogP contribution < -0.4 is 9.64 Å². The second-order valence-corrected chi connectivity index (χ2v) is 6.50. The normalized spacial score (nSPS) is 14.3. The van der Waals surface area contributed by atoms with Gasteiger partial charge in [0.25, 0.3) is 0 Å². The van der Waals surface area contributed by atoms with Gasteiger partial charge in [-0.2, -0.15) is 5.10 Å². The van der Waals surface area contributed by atoms with E-state index >= 15 is 0 Å². The van der Waals surface area contributed by atoms with Gasteiger partial charge in [0.2, 0.25) is 5.91 Å². The third-order valence-corrected chi connectivity index (χ3v) is 4.88. The SMILES string of the molecule is COc1ccc(N2CCN(C(=O)Cn3nc(C)c([N+](=O)[O-])c3C)CC2)cc1. The maximum Gasteiger partial charge on any atom is 0.312 e. The smallest absolute Gasteiger partial charge is 0.312 e. The topological polar surface area (TPSA) is 93.7 Å². The van der Waals surface area contributed by atoms with Gasteiger partial charge in [-0.05, 0) is 38.1 Å². The van der Waals surface area contributed by atoms with Gasteiger partial charge in [-0.25, -0.2) is 0 Å². The van der Waals surface area contributed by atoms with E-state index in [1.807, 2.05) is 24.3 Å². The van der Waals surface area contributed by atoms with Crippen LogP contribution in [-0.4, -0.2) is 58.8 Å². The zero-order valence-electron chi connectivity index (χ0n) is 15.7. The summed E-state index contributed by atoms with van der Waals surface area (Å²) in [7, 11) is 1.64. The van der Waals surface area contributed by atoms with Crippen molar-refractivity contribution in [2.75, 3.05) is 38.2 Å². The van der Waals surface area contributed by atoms with Crippen molar-refractivity contribution >= 4 is 17.3 Å². The Morgan fingerprint density at radius 3 is 2.33 bits per heavy atom. The summed E-state index contributed by atoms with van der Waals surface area (Å²) in [6.07, 6.45) is 0. The monoisotopic (exact) mass is 373 g/mol. The number of nitrogens with zero attached hydrogens (tertiary/aromatic N) is 5. The van der Waals surface area contributed by atoms with Crippen LogP contribution in [0.15, 0.2) is 24.3 Å². The lowest BCUT2D eigenvalue weighted by molar-refractivity contribution is -0.386. The van der Waals surface area contributed by atoms with E-state index in [0.29, 0.717) is 24.5 Å². The summed E-state index contributed by atoms with van der Waals surface area (Å²) in [6, 6.07) is 7.85. The number of carbonyl (C=O) groups is 1. The van der Waals surface area contributed by atoms with Crippen LogP contribution in [0.25, 0.3) is 0 Å². The third-order valence-electron chi connectivity index (χ3n) is 4.88.